The van der Waals surface area contributed by atoms with E-state index in [1.54, 1.807) is 18.5 Å². The van der Waals surface area contributed by atoms with Gasteiger partial charge in [0.05, 0.1) is 0 Å². The van der Waals surface area contributed by atoms with E-state index in [1.807, 2.05) is 6.07 Å². The summed E-state index contributed by atoms with van der Waals surface area (Å²) >= 11 is 0.988. The van der Waals surface area contributed by atoms with Crippen molar-refractivity contribution in [3.63, 3.8) is 0 Å². The summed E-state index contributed by atoms with van der Waals surface area (Å²) in [6, 6.07) is 4.89. The van der Waals surface area contributed by atoms with Crippen LogP contribution in [0.5, 0.6) is 5.75 Å². The lowest BCUT2D eigenvalue weighted by Gasteiger charge is -2.08. The SMILES string of the molecule is O=C(CCNC(=O)c1sccc1OC(F)F)NCc1cccnc1. The molecule has 6 nitrogen and oxygen atoms in total. The summed E-state index contributed by atoms with van der Waals surface area (Å²) in [6.45, 7) is -2.56. The predicted octanol–water partition coefficient (Wildman–Crippen LogP) is 2.18. The van der Waals surface area contributed by atoms with Crippen molar-refractivity contribution in [2.24, 2.45) is 0 Å². The Morgan fingerprint density at radius 3 is 2.83 bits per heavy atom. The molecule has 2 aromatic rings. The third kappa shape index (κ3) is 5.58. The number of nitrogens with zero attached hydrogens (tertiary/aromatic N) is 1. The minimum Gasteiger partial charge on any atom is -0.433 e. The van der Waals surface area contributed by atoms with E-state index in [2.05, 4.69) is 20.4 Å². The maximum Gasteiger partial charge on any atom is 0.387 e. The van der Waals surface area contributed by atoms with Crippen LogP contribution >= 0.6 is 11.3 Å². The summed E-state index contributed by atoms with van der Waals surface area (Å²) < 4.78 is 28.7. The van der Waals surface area contributed by atoms with Crippen molar-refractivity contribution in [1.29, 1.82) is 0 Å². The van der Waals surface area contributed by atoms with Gasteiger partial charge >= 0.3 is 6.61 Å². The lowest BCUT2D eigenvalue weighted by Crippen LogP contribution is -2.30. The zero-order valence-electron chi connectivity index (χ0n) is 12.5. The van der Waals surface area contributed by atoms with Gasteiger partial charge in [-0.2, -0.15) is 8.78 Å². The number of carbonyl (C=O) groups is 2. The van der Waals surface area contributed by atoms with Crippen LogP contribution < -0.4 is 15.4 Å². The molecule has 2 rings (SSSR count). The van der Waals surface area contributed by atoms with Crippen LogP contribution in [0.4, 0.5) is 8.78 Å². The molecule has 0 unspecified atom stereocenters. The van der Waals surface area contributed by atoms with Crippen molar-refractivity contribution < 1.29 is 23.1 Å². The fraction of sp³-hybridized carbons (Fsp3) is 0.267. The van der Waals surface area contributed by atoms with Crippen molar-refractivity contribution in [2.45, 2.75) is 19.6 Å². The molecule has 0 aliphatic rings. The van der Waals surface area contributed by atoms with Gasteiger partial charge in [-0.1, -0.05) is 6.07 Å². The normalized spacial score (nSPS) is 10.5. The summed E-state index contributed by atoms with van der Waals surface area (Å²) in [5.74, 6) is -0.969. The van der Waals surface area contributed by atoms with Gasteiger partial charge in [0.15, 0.2) is 0 Å². The van der Waals surface area contributed by atoms with Crippen LogP contribution in [0.15, 0.2) is 36.0 Å². The second-order valence-electron chi connectivity index (χ2n) is 4.64. The van der Waals surface area contributed by atoms with Crippen LogP contribution in [0.1, 0.15) is 21.7 Å². The summed E-state index contributed by atoms with van der Waals surface area (Å²) in [6.07, 6.45) is 3.35. The number of pyridine rings is 1. The quantitative estimate of drug-likeness (QED) is 0.761. The van der Waals surface area contributed by atoms with Crippen molar-refractivity contribution in [3.05, 3.63) is 46.4 Å². The van der Waals surface area contributed by atoms with Crippen molar-refractivity contribution in [3.8, 4) is 5.75 Å². The third-order valence-electron chi connectivity index (χ3n) is 2.90. The van der Waals surface area contributed by atoms with Crippen molar-refractivity contribution in [2.75, 3.05) is 6.54 Å². The number of nitrogens with one attached hydrogen (secondary N) is 2. The number of aromatic nitrogens is 1. The first-order valence-electron chi connectivity index (χ1n) is 7.02. The molecule has 0 fully saturated rings. The maximum absolute atomic E-state index is 12.2. The Labute approximate surface area is 140 Å². The minimum absolute atomic E-state index is 0.0473. The van der Waals surface area contributed by atoms with Gasteiger partial charge in [0.25, 0.3) is 5.91 Å². The molecule has 0 saturated carbocycles. The van der Waals surface area contributed by atoms with Gasteiger partial charge in [0.1, 0.15) is 10.6 Å². The number of ether oxygens (including phenoxy) is 1. The monoisotopic (exact) mass is 355 g/mol. The van der Waals surface area contributed by atoms with E-state index in [0.29, 0.717) is 6.54 Å². The third-order valence-corrected chi connectivity index (χ3v) is 3.80. The lowest BCUT2D eigenvalue weighted by atomic mass is 10.3. The van der Waals surface area contributed by atoms with E-state index in [-0.39, 0.29) is 29.5 Å². The molecule has 0 spiro atoms. The van der Waals surface area contributed by atoms with Crippen LogP contribution in [-0.4, -0.2) is 30.0 Å². The summed E-state index contributed by atoms with van der Waals surface area (Å²) in [7, 11) is 0. The lowest BCUT2D eigenvalue weighted by molar-refractivity contribution is -0.121. The number of amides is 2. The van der Waals surface area contributed by atoms with E-state index >= 15 is 0 Å². The molecule has 2 aromatic heterocycles. The van der Waals surface area contributed by atoms with Crippen LogP contribution in [-0.2, 0) is 11.3 Å². The topological polar surface area (TPSA) is 80.3 Å². The van der Waals surface area contributed by atoms with E-state index in [1.165, 1.54) is 11.4 Å². The number of halogens is 2. The molecule has 9 heteroatoms. The Morgan fingerprint density at radius 2 is 2.12 bits per heavy atom. The molecule has 0 aliphatic carbocycles. The second-order valence-corrected chi connectivity index (χ2v) is 5.55. The molecule has 2 N–H and O–H groups in total. The average Bonchev–Trinajstić information content (AvgIpc) is 3.01. The summed E-state index contributed by atoms with van der Waals surface area (Å²) in [4.78, 5) is 27.6. The van der Waals surface area contributed by atoms with Gasteiger partial charge in [-0.15, -0.1) is 11.3 Å². The van der Waals surface area contributed by atoms with E-state index in [4.69, 9.17) is 0 Å². The number of alkyl halides is 2. The van der Waals surface area contributed by atoms with Crippen LogP contribution in [0.2, 0.25) is 0 Å². The minimum atomic E-state index is -3.00. The Morgan fingerprint density at radius 1 is 1.29 bits per heavy atom. The van der Waals surface area contributed by atoms with Gasteiger partial charge in [-0.05, 0) is 23.1 Å². The number of hydrogen-bond donors (Lipinski definition) is 2. The maximum atomic E-state index is 12.2. The number of hydrogen-bond acceptors (Lipinski definition) is 5. The Kier molecular flexibility index (Phi) is 6.62. The van der Waals surface area contributed by atoms with Crippen LogP contribution in [0, 0.1) is 0 Å². The predicted molar refractivity (Wildman–Crippen MR) is 84.0 cm³/mol. The molecule has 128 valence electrons. The number of rotatable bonds is 8. The molecule has 24 heavy (non-hydrogen) atoms. The molecule has 0 aliphatic heterocycles. The zero-order valence-corrected chi connectivity index (χ0v) is 13.3. The average molecular weight is 355 g/mol. The highest BCUT2D eigenvalue weighted by Gasteiger charge is 2.17. The Hall–Kier alpha value is -2.55. The van der Waals surface area contributed by atoms with Crippen molar-refractivity contribution in [1.82, 2.24) is 15.6 Å². The van der Waals surface area contributed by atoms with Crippen LogP contribution in [0.3, 0.4) is 0 Å². The highest BCUT2D eigenvalue weighted by molar-refractivity contribution is 7.12. The molecule has 0 saturated heterocycles. The molecule has 0 atom stereocenters. The Bertz CT molecular complexity index is 680. The van der Waals surface area contributed by atoms with Crippen LogP contribution in [0.25, 0.3) is 0 Å². The summed E-state index contributed by atoms with van der Waals surface area (Å²) in [5, 5.41) is 6.67. The highest BCUT2D eigenvalue weighted by Crippen LogP contribution is 2.26. The van der Waals surface area contributed by atoms with Gasteiger partial charge < -0.3 is 15.4 Å². The molecule has 2 amide bonds. The van der Waals surface area contributed by atoms with E-state index < -0.39 is 12.5 Å². The fourth-order valence-corrected chi connectivity index (χ4v) is 2.55. The standard InChI is InChI=1S/C15H15F2N3O3S/c16-15(17)23-11-4-7-24-13(11)14(22)19-6-3-12(21)20-9-10-2-1-5-18-8-10/h1-2,4-5,7-8,15H,3,6,9H2,(H,19,22)(H,20,21). The molecule has 2 heterocycles. The smallest absolute Gasteiger partial charge is 0.387 e. The highest BCUT2D eigenvalue weighted by atomic mass is 32.1. The first kappa shape index (κ1) is 17.8. The van der Waals surface area contributed by atoms with Gasteiger partial charge in [0.2, 0.25) is 5.91 Å². The van der Waals surface area contributed by atoms with Crippen molar-refractivity contribution >= 4 is 23.2 Å². The first-order valence-corrected chi connectivity index (χ1v) is 7.90. The van der Waals surface area contributed by atoms with E-state index in [0.717, 1.165) is 16.9 Å². The van der Waals surface area contributed by atoms with Gasteiger partial charge in [0, 0.05) is 31.9 Å². The largest absolute Gasteiger partial charge is 0.433 e. The molecule has 0 radical (unpaired) electrons. The molecule has 0 aromatic carbocycles. The zero-order chi connectivity index (χ0) is 17.4. The molecular weight excluding hydrogens is 340 g/mol. The van der Waals surface area contributed by atoms with Gasteiger partial charge in [-0.25, -0.2) is 0 Å². The first-order chi connectivity index (χ1) is 11.6. The molecule has 0 bridgehead atoms. The molecular formula is C15H15F2N3O3S. The Balaban J connectivity index is 1.72. The fourth-order valence-electron chi connectivity index (χ4n) is 1.81. The summed E-state index contributed by atoms with van der Waals surface area (Å²) in [5.41, 5.74) is 0.863. The van der Waals surface area contributed by atoms with Gasteiger partial charge in [-0.3, -0.25) is 14.6 Å². The number of carbonyl (C=O) groups excluding carboxylic acids is 2. The second kappa shape index (κ2) is 8.92. The number of thiophene rings is 1. The van der Waals surface area contributed by atoms with E-state index in [9.17, 15) is 18.4 Å².